The first-order valence-corrected chi connectivity index (χ1v) is 8.66. The van der Waals surface area contributed by atoms with E-state index in [2.05, 4.69) is 4.57 Å². The summed E-state index contributed by atoms with van der Waals surface area (Å²) in [6, 6.07) is 4.09. The molecule has 1 aromatic heterocycles. The van der Waals surface area contributed by atoms with Crippen molar-refractivity contribution in [3.05, 3.63) is 23.5 Å². The van der Waals surface area contributed by atoms with E-state index in [4.69, 9.17) is 15.5 Å². The van der Waals surface area contributed by atoms with Crippen molar-refractivity contribution in [3.8, 4) is 0 Å². The Morgan fingerprint density at radius 3 is 3.00 bits per heavy atom. The molecule has 0 bridgehead atoms. The lowest BCUT2D eigenvalue weighted by Crippen LogP contribution is -2.29. The van der Waals surface area contributed by atoms with Gasteiger partial charge >= 0.3 is 5.97 Å². The summed E-state index contributed by atoms with van der Waals surface area (Å²) < 4.78 is 7.46. The summed E-state index contributed by atoms with van der Waals surface area (Å²) in [6.07, 6.45) is 7.36. The van der Waals surface area contributed by atoms with Crippen LogP contribution < -0.4 is 5.73 Å². The maximum atomic E-state index is 12.0. The maximum Gasteiger partial charge on any atom is 0.338 e. The molecule has 2 aromatic rings. The van der Waals surface area contributed by atoms with Gasteiger partial charge in [-0.2, -0.15) is 0 Å². The average Bonchev–Trinajstić information content (AvgIpc) is 2.94. The second kappa shape index (κ2) is 5.55. The van der Waals surface area contributed by atoms with Crippen LogP contribution in [0.3, 0.4) is 0 Å². The second-order valence-corrected chi connectivity index (χ2v) is 6.70. The van der Waals surface area contributed by atoms with Crippen molar-refractivity contribution in [3.63, 3.8) is 0 Å². The molecule has 0 spiro atoms. The minimum Gasteiger partial charge on any atom is -0.462 e. The molecular weight excluding hydrogens is 290 g/mol. The predicted octanol–water partition coefficient (Wildman–Crippen LogP) is 3.47. The first kappa shape index (κ1) is 14.5. The molecule has 1 aliphatic heterocycles. The molecule has 1 aliphatic carbocycles. The van der Waals surface area contributed by atoms with Gasteiger partial charge in [0.25, 0.3) is 0 Å². The van der Waals surface area contributed by atoms with E-state index in [1.165, 1.54) is 32.1 Å². The highest BCUT2D eigenvalue weighted by molar-refractivity contribution is 5.98. The number of nitrogens with two attached hydrogens (primary N) is 1. The molecule has 5 nitrogen and oxygen atoms in total. The number of imidazole rings is 1. The molecule has 23 heavy (non-hydrogen) atoms. The highest BCUT2D eigenvalue weighted by atomic mass is 16.5. The van der Waals surface area contributed by atoms with Crippen molar-refractivity contribution < 1.29 is 9.53 Å². The van der Waals surface area contributed by atoms with Crippen LogP contribution in [0, 0.1) is 5.92 Å². The minimum absolute atomic E-state index is 0.331. The topological polar surface area (TPSA) is 70.1 Å². The zero-order chi connectivity index (χ0) is 16.0. The van der Waals surface area contributed by atoms with Crippen LogP contribution in [0.2, 0.25) is 0 Å². The first-order valence-electron chi connectivity index (χ1n) is 8.66. The fourth-order valence-electron chi connectivity index (χ4n) is 4.36. The molecule has 1 fully saturated rings. The number of ether oxygens (including phenoxy) is 1. The highest BCUT2D eigenvalue weighted by Gasteiger charge is 2.34. The molecule has 0 amide bonds. The number of hydrogen-bond donors (Lipinski definition) is 1. The van der Waals surface area contributed by atoms with Gasteiger partial charge in [-0.1, -0.05) is 12.8 Å². The molecule has 4 rings (SSSR count). The lowest BCUT2D eigenvalue weighted by Gasteiger charge is -2.37. The second-order valence-electron chi connectivity index (χ2n) is 6.70. The largest absolute Gasteiger partial charge is 0.462 e. The first-order chi connectivity index (χ1) is 11.2. The molecule has 0 unspecified atom stereocenters. The van der Waals surface area contributed by atoms with Crippen LogP contribution in [-0.2, 0) is 11.2 Å². The number of aryl methyl sites for hydroxylation is 1. The van der Waals surface area contributed by atoms with E-state index in [0.717, 1.165) is 29.2 Å². The van der Waals surface area contributed by atoms with Crippen molar-refractivity contribution in [2.24, 2.45) is 5.92 Å². The van der Waals surface area contributed by atoms with E-state index in [0.29, 0.717) is 23.9 Å². The number of aromatic nitrogens is 2. The Hall–Kier alpha value is -2.04. The Morgan fingerprint density at radius 1 is 1.35 bits per heavy atom. The third-order valence-electron chi connectivity index (χ3n) is 5.34. The maximum absolute atomic E-state index is 12.0. The van der Waals surface area contributed by atoms with Gasteiger partial charge in [0.05, 0.1) is 28.9 Å². The normalized spacial score (nSPS) is 23.3. The molecular formula is C18H23N3O2. The van der Waals surface area contributed by atoms with E-state index in [9.17, 15) is 4.79 Å². The van der Waals surface area contributed by atoms with Crippen molar-refractivity contribution >= 4 is 22.7 Å². The molecule has 2 aliphatic rings. The monoisotopic (exact) mass is 313 g/mol. The van der Waals surface area contributed by atoms with Crippen LogP contribution in [0.15, 0.2) is 12.1 Å². The molecule has 0 radical (unpaired) electrons. The van der Waals surface area contributed by atoms with Gasteiger partial charge in [0.1, 0.15) is 5.82 Å². The predicted molar refractivity (Wildman–Crippen MR) is 89.4 cm³/mol. The SMILES string of the molecule is CCOC(=O)c1cc(N)c2c(c1)nc1n2[C@H]2CCCC[C@@H]2CC1. The Morgan fingerprint density at radius 2 is 2.17 bits per heavy atom. The quantitative estimate of drug-likeness (QED) is 0.681. The summed E-state index contributed by atoms with van der Waals surface area (Å²) in [5.41, 5.74) is 9.27. The van der Waals surface area contributed by atoms with Crippen molar-refractivity contribution in [2.75, 3.05) is 12.3 Å². The number of nitrogens with zero attached hydrogens (tertiary/aromatic N) is 2. The summed E-state index contributed by atoms with van der Waals surface area (Å²) in [5.74, 6) is 1.54. The molecule has 5 heteroatoms. The van der Waals surface area contributed by atoms with E-state index >= 15 is 0 Å². The van der Waals surface area contributed by atoms with Crippen LogP contribution in [0.1, 0.15) is 61.3 Å². The third-order valence-corrected chi connectivity index (χ3v) is 5.34. The summed E-state index contributed by atoms with van der Waals surface area (Å²) in [4.78, 5) is 16.8. The number of carbonyl (C=O) groups excluding carboxylic acids is 1. The summed E-state index contributed by atoms with van der Waals surface area (Å²) in [5, 5.41) is 0. The van der Waals surface area contributed by atoms with Crippen molar-refractivity contribution in [2.45, 2.75) is 51.5 Å². The van der Waals surface area contributed by atoms with Gasteiger partial charge < -0.3 is 15.0 Å². The molecule has 2 N–H and O–H groups in total. The number of nitrogen functional groups attached to an aromatic ring is 1. The number of fused-ring (bicyclic) bond motifs is 5. The van der Waals surface area contributed by atoms with Gasteiger partial charge in [0.15, 0.2) is 0 Å². The average molecular weight is 313 g/mol. The van der Waals surface area contributed by atoms with Crippen LogP contribution >= 0.6 is 0 Å². The number of anilines is 1. The zero-order valence-corrected chi connectivity index (χ0v) is 13.5. The Kier molecular flexibility index (Phi) is 3.51. The van der Waals surface area contributed by atoms with Crippen molar-refractivity contribution in [1.82, 2.24) is 9.55 Å². The molecule has 2 heterocycles. The molecule has 1 saturated carbocycles. The molecule has 1 aromatic carbocycles. The summed E-state index contributed by atoms with van der Waals surface area (Å²) in [7, 11) is 0. The number of rotatable bonds is 2. The Bertz CT molecular complexity index is 765. The van der Waals surface area contributed by atoms with Gasteiger partial charge in [0.2, 0.25) is 0 Å². The number of esters is 1. The van der Waals surface area contributed by atoms with E-state index in [-0.39, 0.29) is 5.97 Å². The van der Waals surface area contributed by atoms with Gasteiger partial charge in [-0.15, -0.1) is 0 Å². The molecule has 2 atom stereocenters. The van der Waals surface area contributed by atoms with Gasteiger partial charge in [0, 0.05) is 12.5 Å². The van der Waals surface area contributed by atoms with E-state index in [1.807, 2.05) is 6.07 Å². The van der Waals surface area contributed by atoms with Gasteiger partial charge in [-0.25, -0.2) is 9.78 Å². The fraction of sp³-hybridized carbons (Fsp3) is 0.556. The van der Waals surface area contributed by atoms with Crippen LogP contribution in [0.4, 0.5) is 5.69 Å². The summed E-state index contributed by atoms with van der Waals surface area (Å²) in [6.45, 7) is 2.17. The Balaban J connectivity index is 1.84. The van der Waals surface area contributed by atoms with E-state index < -0.39 is 0 Å². The standard InChI is InChI=1S/C18H23N3O2/c1-2-23-18(22)12-9-13(19)17-14(10-12)20-16-8-7-11-5-3-4-6-15(11)21(16)17/h9-11,15H,2-8,19H2,1H3/t11-,15+/m1/s1. The van der Waals surface area contributed by atoms with Gasteiger partial charge in [-0.05, 0) is 44.2 Å². The van der Waals surface area contributed by atoms with Crippen LogP contribution in [-0.4, -0.2) is 22.1 Å². The molecule has 122 valence electrons. The summed E-state index contributed by atoms with van der Waals surface area (Å²) >= 11 is 0. The van der Waals surface area contributed by atoms with Crippen LogP contribution in [0.5, 0.6) is 0 Å². The number of benzene rings is 1. The fourth-order valence-corrected chi connectivity index (χ4v) is 4.36. The van der Waals surface area contributed by atoms with E-state index in [1.54, 1.807) is 13.0 Å². The van der Waals surface area contributed by atoms with Gasteiger partial charge in [-0.3, -0.25) is 0 Å². The third kappa shape index (κ3) is 2.30. The van der Waals surface area contributed by atoms with Crippen molar-refractivity contribution in [1.29, 1.82) is 0 Å². The van der Waals surface area contributed by atoms with Crippen LogP contribution in [0.25, 0.3) is 11.0 Å². The zero-order valence-electron chi connectivity index (χ0n) is 13.5. The Labute approximate surface area is 135 Å². The highest BCUT2D eigenvalue weighted by Crippen LogP contribution is 2.43. The minimum atomic E-state index is -0.331. The lowest BCUT2D eigenvalue weighted by atomic mass is 9.79. The number of hydrogen-bond acceptors (Lipinski definition) is 4. The number of carbonyl (C=O) groups is 1. The molecule has 0 saturated heterocycles. The smallest absolute Gasteiger partial charge is 0.338 e. The lowest BCUT2D eigenvalue weighted by molar-refractivity contribution is 0.0526.